The first-order valence-electron chi connectivity index (χ1n) is 5.49. The highest BCUT2D eigenvalue weighted by Gasteiger charge is 2.46. The number of hydrogen-bond acceptors (Lipinski definition) is 5. The Kier molecular flexibility index (Phi) is 2.91. The second-order valence-corrected chi connectivity index (χ2v) is 4.29. The summed E-state index contributed by atoms with van der Waals surface area (Å²) in [7, 11) is 1.58. The Morgan fingerprint density at radius 3 is 2.68 bits per heavy atom. The summed E-state index contributed by atoms with van der Waals surface area (Å²) in [5.74, 6) is -1.62. The number of carbonyl (C=O) groups excluding carboxylic acids is 2. The van der Waals surface area contributed by atoms with Crippen LogP contribution in [0.2, 0.25) is 0 Å². The fourth-order valence-electron chi connectivity index (χ4n) is 1.96. The molecule has 2 amide bonds. The molecule has 1 aliphatic rings. The maximum Gasteiger partial charge on any atom is 0.366 e. The van der Waals surface area contributed by atoms with E-state index in [1.165, 1.54) is 18.6 Å². The summed E-state index contributed by atoms with van der Waals surface area (Å²) >= 11 is 0. The number of primary amides is 1. The van der Waals surface area contributed by atoms with Crippen LogP contribution in [0.1, 0.15) is 6.92 Å². The van der Waals surface area contributed by atoms with Gasteiger partial charge in [-0.25, -0.2) is 9.78 Å². The molecule has 0 spiro atoms. The average molecular weight is 261 g/mol. The molecule has 7 nitrogen and oxygen atoms in total. The molecule has 0 bridgehead atoms. The number of aliphatic hydroxyl groups is 1. The highest BCUT2D eigenvalue weighted by molar-refractivity contribution is 6.22. The van der Waals surface area contributed by atoms with E-state index in [0.717, 1.165) is 0 Å². The quantitative estimate of drug-likeness (QED) is 0.582. The van der Waals surface area contributed by atoms with Gasteiger partial charge in [0.15, 0.2) is 5.57 Å². The van der Waals surface area contributed by atoms with Crippen molar-refractivity contribution in [1.29, 1.82) is 0 Å². The molecule has 1 aromatic heterocycles. The maximum atomic E-state index is 12.5. The molecule has 0 radical (unpaired) electrons. The zero-order valence-electron chi connectivity index (χ0n) is 10.5. The Balaban J connectivity index is 2.65. The van der Waals surface area contributed by atoms with Crippen molar-refractivity contribution < 1.29 is 14.7 Å². The molecule has 1 unspecified atom stereocenters. The van der Waals surface area contributed by atoms with Gasteiger partial charge >= 0.3 is 5.91 Å². The SMILES string of the molecule is CC1=CC(O)=C(C(N)=O)C(=O)[N+]1(C)c1ccncn1. The standard InChI is InChI=1S/C12H12N4O3/c1-7-5-8(17)10(11(13)18)12(19)16(7,2)9-3-4-14-6-15-9/h3-6H,1-2H3,(H2-,13,17,18,19)/p+1. The molecule has 0 aliphatic carbocycles. The van der Waals surface area contributed by atoms with E-state index in [2.05, 4.69) is 9.97 Å². The normalized spacial score (nSPS) is 23.3. The summed E-state index contributed by atoms with van der Waals surface area (Å²) < 4.78 is -0.356. The second kappa shape index (κ2) is 4.29. The highest BCUT2D eigenvalue weighted by Crippen LogP contribution is 2.31. The molecule has 2 rings (SSSR count). The van der Waals surface area contributed by atoms with Gasteiger partial charge in [0.1, 0.15) is 17.8 Å². The van der Waals surface area contributed by atoms with Gasteiger partial charge in [0.05, 0.1) is 7.05 Å². The van der Waals surface area contributed by atoms with Crippen LogP contribution in [0.5, 0.6) is 0 Å². The topological polar surface area (TPSA) is 106 Å². The molecular weight excluding hydrogens is 248 g/mol. The van der Waals surface area contributed by atoms with Crippen LogP contribution in [-0.2, 0) is 9.59 Å². The Morgan fingerprint density at radius 1 is 1.47 bits per heavy atom. The van der Waals surface area contributed by atoms with Gasteiger partial charge in [0.25, 0.3) is 5.91 Å². The minimum atomic E-state index is -0.968. The number of carbonyl (C=O) groups is 2. The number of nitrogens with zero attached hydrogens (tertiary/aromatic N) is 3. The number of nitrogens with two attached hydrogens (primary N) is 1. The van der Waals surface area contributed by atoms with Crippen molar-refractivity contribution in [3.63, 3.8) is 0 Å². The van der Waals surface area contributed by atoms with Crippen LogP contribution in [0, 0.1) is 0 Å². The summed E-state index contributed by atoms with van der Waals surface area (Å²) in [5.41, 5.74) is 5.24. The zero-order valence-corrected chi connectivity index (χ0v) is 10.5. The third-order valence-electron chi connectivity index (χ3n) is 3.20. The van der Waals surface area contributed by atoms with Gasteiger partial charge in [-0.2, -0.15) is 9.47 Å². The summed E-state index contributed by atoms with van der Waals surface area (Å²) in [4.78, 5) is 31.6. The van der Waals surface area contributed by atoms with Gasteiger partial charge in [0, 0.05) is 25.3 Å². The minimum absolute atomic E-state index is 0.356. The predicted molar refractivity (Wildman–Crippen MR) is 67.4 cm³/mol. The van der Waals surface area contributed by atoms with Gasteiger partial charge in [-0.3, -0.25) is 4.79 Å². The number of likely N-dealkylation sites (N-methyl/N-ethyl adjacent to an activating group) is 1. The van der Waals surface area contributed by atoms with Gasteiger partial charge in [-0.05, 0) is 0 Å². The van der Waals surface area contributed by atoms with Crippen molar-refractivity contribution in [2.45, 2.75) is 6.92 Å². The van der Waals surface area contributed by atoms with E-state index in [4.69, 9.17) is 5.73 Å². The van der Waals surface area contributed by atoms with Crippen LogP contribution >= 0.6 is 0 Å². The molecule has 0 saturated carbocycles. The van der Waals surface area contributed by atoms with E-state index in [1.807, 2.05) is 0 Å². The van der Waals surface area contributed by atoms with Crippen molar-refractivity contribution >= 4 is 17.6 Å². The van der Waals surface area contributed by atoms with Crippen LogP contribution in [0.3, 0.4) is 0 Å². The van der Waals surface area contributed by atoms with E-state index in [-0.39, 0.29) is 4.48 Å². The number of allylic oxidation sites excluding steroid dienone is 2. The molecule has 1 aromatic rings. The van der Waals surface area contributed by atoms with Crippen LogP contribution < -0.4 is 10.2 Å². The molecule has 2 heterocycles. The Morgan fingerprint density at radius 2 is 2.16 bits per heavy atom. The first kappa shape index (κ1) is 12.9. The molecule has 0 fully saturated rings. The van der Waals surface area contributed by atoms with Gasteiger partial charge in [0.2, 0.25) is 5.82 Å². The van der Waals surface area contributed by atoms with Crippen molar-refractivity contribution in [2.75, 3.05) is 7.05 Å². The largest absolute Gasteiger partial charge is 0.507 e. The lowest BCUT2D eigenvalue weighted by molar-refractivity contribution is -0.127. The lowest BCUT2D eigenvalue weighted by atomic mass is 10.0. The summed E-state index contributed by atoms with van der Waals surface area (Å²) in [5, 5.41) is 9.70. The lowest BCUT2D eigenvalue weighted by Crippen LogP contribution is -2.53. The maximum absolute atomic E-state index is 12.5. The number of rotatable bonds is 2. The molecule has 1 aliphatic heterocycles. The third-order valence-corrected chi connectivity index (χ3v) is 3.20. The number of quaternary nitrogens is 1. The fourth-order valence-corrected chi connectivity index (χ4v) is 1.96. The van der Waals surface area contributed by atoms with Crippen LogP contribution in [0.4, 0.5) is 5.82 Å². The Bertz CT molecular complexity index is 621. The third kappa shape index (κ3) is 1.80. The van der Waals surface area contributed by atoms with Crippen LogP contribution in [-0.4, -0.2) is 33.9 Å². The first-order chi connectivity index (χ1) is 8.89. The van der Waals surface area contributed by atoms with E-state index in [0.29, 0.717) is 11.5 Å². The predicted octanol–water partition coefficient (Wildman–Crippen LogP) is 0.155. The first-order valence-corrected chi connectivity index (χ1v) is 5.49. The van der Waals surface area contributed by atoms with Crippen molar-refractivity contribution in [3.05, 3.63) is 41.7 Å². The highest BCUT2D eigenvalue weighted by atomic mass is 16.3. The van der Waals surface area contributed by atoms with Gasteiger partial charge < -0.3 is 10.8 Å². The molecule has 7 heteroatoms. The van der Waals surface area contributed by atoms with Gasteiger partial charge in [-0.1, -0.05) is 0 Å². The molecule has 98 valence electrons. The molecule has 1 atom stereocenters. The number of aliphatic hydroxyl groups excluding tert-OH is 1. The van der Waals surface area contributed by atoms with Crippen molar-refractivity contribution in [2.24, 2.45) is 5.73 Å². The van der Waals surface area contributed by atoms with E-state index in [9.17, 15) is 14.7 Å². The number of amides is 2. The lowest BCUT2D eigenvalue weighted by Gasteiger charge is -2.32. The Hall–Kier alpha value is -2.54. The van der Waals surface area contributed by atoms with E-state index < -0.39 is 23.1 Å². The van der Waals surface area contributed by atoms with Crippen molar-refractivity contribution in [3.8, 4) is 0 Å². The summed E-state index contributed by atoms with van der Waals surface area (Å²) in [6.45, 7) is 1.66. The molecule has 3 N–H and O–H groups in total. The monoisotopic (exact) mass is 261 g/mol. The number of aromatic nitrogens is 2. The molecular formula is C12H13N4O3+. The fraction of sp³-hybridized carbons (Fsp3) is 0.167. The Labute approximate surface area is 109 Å². The van der Waals surface area contributed by atoms with Crippen molar-refractivity contribution in [1.82, 2.24) is 14.5 Å². The minimum Gasteiger partial charge on any atom is -0.507 e. The van der Waals surface area contributed by atoms with Gasteiger partial charge in [-0.15, -0.1) is 0 Å². The molecule has 0 aromatic carbocycles. The molecule has 19 heavy (non-hydrogen) atoms. The van der Waals surface area contributed by atoms with E-state index >= 15 is 0 Å². The second-order valence-electron chi connectivity index (χ2n) is 4.29. The van der Waals surface area contributed by atoms with Crippen LogP contribution in [0.25, 0.3) is 0 Å². The number of hydrogen-bond donors (Lipinski definition) is 2. The smallest absolute Gasteiger partial charge is 0.366 e. The molecule has 0 saturated heterocycles. The summed E-state index contributed by atoms with van der Waals surface area (Å²) in [6.07, 6.45) is 4.14. The van der Waals surface area contributed by atoms with Crippen LogP contribution in [0.15, 0.2) is 41.7 Å². The average Bonchev–Trinajstić information content (AvgIpc) is 2.36. The zero-order chi connectivity index (χ0) is 14.2. The van der Waals surface area contributed by atoms with E-state index in [1.54, 1.807) is 20.0 Å². The summed E-state index contributed by atoms with van der Waals surface area (Å²) in [6, 6.07) is 1.57.